The SMILES string of the molecule is C#C.C=CCC/C=C(\C)C(O)CNC(/C=C\CCCC)=C/C. The number of unbranched alkanes of at least 4 members (excludes halogenated alkanes) is 3. The molecule has 0 amide bonds. The van der Waals surface area contributed by atoms with Crippen LogP contribution in [0.2, 0.25) is 0 Å². The van der Waals surface area contributed by atoms with Gasteiger partial charge in [-0.05, 0) is 44.8 Å². The molecule has 0 aliphatic heterocycles. The molecular formula is C20H33NO. The summed E-state index contributed by atoms with van der Waals surface area (Å²) in [5, 5.41) is 13.3. The molecule has 0 saturated carbocycles. The van der Waals surface area contributed by atoms with Crippen molar-refractivity contribution in [3.05, 3.63) is 48.2 Å². The molecule has 0 radical (unpaired) electrons. The van der Waals surface area contributed by atoms with Crippen molar-refractivity contribution in [1.29, 1.82) is 0 Å². The summed E-state index contributed by atoms with van der Waals surface area (Å²) < 4.78 is 0. The van der Waals surface area contributed by atoms with Crippen molar-refractivity contribution in [1.82, 2.24) is 5.32 Å². The van der Waals surface area contributed by atoms with Crippen LogP contribution in [-0.2, 0) is 0 Å². The fourth-order valence-corrected chi connectivity index (χ4v) is 1.73. The third kappa shape index (κ3) is 13.3. The number of hydrogen-bond donors (Lipinski definition) is 2. The lowest BCUT2D eigenvalue weighted by Gasteiger charge is -2.14. The molecular weight excluding hydrogens is 270 g/mol. The van der Waals surface area contributed by atoms with E-state index < -0.39 is 6.10 Å². The predicted octanol–water partition coefficient (Wildman–Crippen LogP) is 4.75. The monoisotopic (exact) mass is 303 g/mol. The quantitative estimate of drug-likeness (QED) is 0.250. The van der Waals surface area contributed by atoms with Gasteiger partial charge in [0.1, 0.15) is 0 Å². The van der Waals surface area contributed by atoms with Crippen LogP contribution < -0.4 is 5.32 Å². The maximum atomic E-state index is 10.1. The van der Waals surface area contributed by atoms with Gasteiger partial charge in [0.25, 0.3) is 0 Å². The molecule has 0 saturated heterocycles. The molecule has 2 N–H and O–H groups in total. The summed E-state index contributed by atoms with van der Waals surface area (Å²) in [5.74, 6) is 0. The lowest BCUT2D eigenvalue weighted by Crippen LogP contribution is -2.26. The van der Waals surface area contributed by atoms with Gasteiger partial charge >= 0.3 is 0 Å². The maximum absolute atomic E-state index is 10.1. The van der Waals surface area contributed by atoms with E-state index in [9.17, 15) is 5.11 Å². The van der Waals surface area contributed by atoms with E-state index in [0.717, 1.165) is 30.5 Å². The van der Waals surface area contributed by atoms with Crippen molar-refractivity contribution in [2.24, 2.45) is 0 Å². The number of nitrogens with one attached hydrogen (secondary N) is 1. The average Bonchev–Trinajstić information content (AvgIpc) is 2.55. The standard InChI is InChI=1S/C18H31NO.C2H2/c1-5-8-10-12-14-17(7-3)19-15-18(20)16(4)13-11-9-6-2;1-2/h6-7,12-14,18-20H,2,5,8-11,15H2,1,3-4H3;1-2H/b14-12-,16-13+,17-7+;. The zero-order valence-corrected chi connectivity index (χ0v) is 14.5. The molecule has 0 rings (SSSR count). The molecule has 0 aliphatic carbocycles. The van der Waals surface area contributed by atoms with Gasteiger partial charge < -0.3 is 10.4 Å². The van der Waals surface area contributed by atoms with Crippen LogP contribution in [0.4, 0.5) is 0 Å². The molecule has 0 aliphatic rings. The molecule has 0 fully saturated rings. The summed E-state index contributed by atoms with van der Waals surface area (Å²) in [6, 6.07) is 0. The summed E-state index contributed by atoms with van der Waals surface area (Å²) in [4.78, 5) is 0. The maximum Gasteiger partial charge on any atom is 0.0919 e. The lowest BCUT2D eigenvalue weighted by atomic mass is 10.1. The van der Waals surface area contributed by atoms with Crippen molar-refractivity contribution in [3.8, 4) is 12.8 Å². The molecule has 0 bridgehead atoms. The summed E-state index contributed by atoms with van der Waals surface area (Å²) in [7, 11) is 0. The van der Waals surface area contributed by atoms with Crippen LogP contribution in [0.25, 0.3) is 0 Å². The third-order valence-corrected chi connectivity index (χ3v) is 3.20. The number of aliphatic hydroxyl groups is 1. The van der Waals surface area contributed by atoms with Crippen LogP contribution in [0, 0.1) is 12.8 Å². The number of allylic oxidation sites excluding steroid dienone is 5. The predicted molar refractivity (Wildman–Crippen MR) is 99.5 cm³/mol. The van der Waals surface area contributed by atoms with Crippen LogP contribution in [0.1, 0.15) is 52.9 Å². The number of aliphatic hydroxyl groups excluding tert-OH is 1. The molecule has 1 unspecified atom stereocenters. The zero-order chi connectivity index (χ0) is 17.2. The summed E-state index contributed by atoms with van der Waals surface area (Å²) in [6.45, 7) is 10.4. The Morgan fingerprint density at radius 3 is 2.50 bits per heavy atom. The zero-order valence-electron chi connectivity index (χ0n) is 14.5. The van der Waals surface area contributed by atoms with E-state index in [-0.39, 0.29) is 0 Å². The van der Waals surface area contributed by atoms with Crippen LogP contribution in [0.3, 0.4) is 0 Å². The molecule has 0 aromatic heterocycles. The fraction of sp³-hybridized carbons (Fsp3) is 0.500. The van der Waals surface area contributed by atoms with Gasteiger partial charge in [-0.3, -0.25) is 0 Å². The highest BCUT2D eigenvalue weighted by atomic mass is 16.3. The van der Waals surface area contributed by atoms with Gasteiger partial charge in [-0.15, -0.1) is 19.4 Å². The first-order chi connectivity index (χ1) is 10.7. The van der Waals surface area contributed by atoms with E-state index in [2.05, 4.69) is 49.9 Å². The second-order valence-electron chi connectivity index (χ2n) is 5.00. The smallest absolute Gasteiger partial charge is 0.0919 e. The van der Waals surface area contributed by atoms with Crippen molar-refractivity contribution >= 4 is 0 Å². The first kappa shape index (κ1) is 22.6. The first-order valence-electron chi connectivity index (χ1n) is 8.01. The van der Waals surface area contributed by atoms with Crippen molar-refractivity contribution in [3.63, 3.8) is 0 Å². The summed E-state index contributed by atoms with van der Waals surface area (Å²) >= 11 is 0. The van der Waals surface area contributed by atoms with Crippen LogP contribution in [0.15, 0.2) is 48.2 Å². The summed E-state index contributed by atoms with van der Waals surface area (Å²) in [6.07, 6.45) is 23.3. The van der Waals surface area contributed by atoms with Crippen molar-refractivity contribution in [2.75, 3.05) is 6.54 Å². The van der Waals surface area contributed by atoms with Crippen LogP contribution in [0.5, 0.6) is 0 Å². The highest BCUT2D eigenvalue weighted by Gasteiger charge is 2.05. The van der Waals surface area contributed by atoms with E-state index >= 15 is 0 Å². The molecule has 2 heteroatoms. The average molecular weight is 303 g/mol. The molecule has 0 spiro atoms. The number of rotatable bonds is 11. The number of hydrogen-bond acceptors (Lipinski definition) is 2. The Balaban J connectivity index is 0. The van der Waals surface area contributed by atoms with Gasteiger partial charge in [0.05, 0.1) is 6.10 Å². The number of terminal acetylenes is 1. The van der Waals surface area contributed by atoms with Crippen molar-refractivity contribution < 1.29 is 5.11 Å². The molecule has 0 aromatic rings. The highest BCUT2D eigenvalue weighted by Crippen LogP contribution is 2.05. The molecule has 1 atom stereocenters. The van der Waals surface area contributed by atoms with E-state index in [1.165, 1.54) is 12.8 Å². The molecule has 0 aromatic carbocycles. The molecule has 2 nitrogen and oxygen atoms in total. The van der Waals surface area contributed by atoms with E-state index in [4.69, 9.17) is 0 Å². The van der Waals surface area contributed by atoms with E-state index in [0.29, 0.717) is 6.54 Å². The topological polar surface area (TPSA) is 32.3 Å². The lowest BCUT2D eigenvalue weighted by molar-refractivity contribution is 0.210. The normalized spacial score (nSPS) is 13.4. The van der Waals surface area contributed by atoms with Gasteiger partial charge in [-0.2, -0.15) is 0 Å². The Labute approximate surface area is 137 Å². The van der Waals surface area contributed by atoms with E-state index in [1.54, 1.807) is 0 Å². The first-order valence-corrected chi connectivity index (χ1v) is 8.01. The minimum atomic E-state index is -0.432. The van der Waals surface area contributed by atoms with Gasteiger partial charge in [-0.25, -0.2) is 0 Å². The fourth-order valence-electron chi connectivity index (χ4n) is 1.73. The highest BCUT2D eigenvalue weighted by molar-refractivity contribution is 5.17. The summed E-state index contributed by atoms with van der Waals surface area (Å²) in [5.41, 5.74) is 2.09. The Hall–Kier alpha value is -1.72. The molecule has 0 heterocycles. The van der Waals surface area contributed by atoms with Gasteiger partial charge in [0.15, 0.2) is 0 Å². The van der Waals surface area contributed by atoms with E-state index in [1.807, 2.05) is 26.0 Å². The Bertz CT molecular complexity index is 374. The molecule has 124 valence electrons. The Morgan fingerprint density at radius 2 is 1.95 bits per heavy atom. The van der Waals surface area contributed by atoms with Gasteiger partial charge in [0.2, 0.25) is 0 Å². The van der Waals surface area contributed by atoms with Crippen molar-refractivity contribution in [2.45, 2.75) is 59.0 Å². The van der Waals surface area contributed by atoms with Crippen LogP contribution in [-0.4, -0.2) is 17.8 Å². The Kier molecular flexibility index (Phi) is 17.8. The Morgan fingerprint density at radius 1 is 1.27 bits per heavy atom. The molecule has 22 heavy (non-hydrogen) atoms. The minimum Gasteiger partial charge on any atom is -0.387 e. The second-order valence-corrected chi connectivity index (χ2v) is 5.00. The third-order valence-electron chi connectivity index (χ3n) is 3.20. The second kappa shape index (κ2) is 17.3. The van der Waals surface area contributed by atoms with Crippen LogP contribution >= 0.6 is 0 Å². The van der Waals surface area contributed by atoms with Gasteiger partial charge in [-0.1, -0.05) is 44.1 Å². The largest absolute Gasteiger partial charge is 0.387 e. The minimum absolute atomic E-state index is 0.432. The van der Waals surface area contributed by atoms with Gasteiger partial charge in [0, 0.05) is 12.2 Å².